The van der Waals surface area contributed by atoms with Crippen molar-refractivity contribution < 1.29 is 14.2 Å². The van der Waals surface area contributed by atoms with E-state index in [4.69, 9.17) is 14.2 Å². The standard InChI is InChI=1S/C15H32O3/c1-6-8-11-16-14(17-12-9-7-2)10-13-18-15(3,4)5/h14H,6-13H2,1-5H3. The molecule has 0 aliphatic rings. The molecule has 0 saturated carbocycles. The lowest BCUT2D eigenvalue weighted by atomic mass is 10.2. The number of rotatable bonds is 11. The summed E-state index contributed by atoms with van der Waals surface area (Å²) in [4.78, 5) is 0. The van der Waals surface area contributed by atoms with Crippen molar-refractivity contribution >= 4 is 0 Å². The maximum Gasteiger partial charge on any atom is 0.159 e. The summed E-state index contributed by atoms with van der Waals surface area (Å²) in [7, 11) is 0. The molecule has 0 saturated heterocycles. The first-order chi connectivity index (χ1) is 8.49. The summed E-state index contributed by atoms with van der Waals surface area (Å²) in [5.74, 6) is 0. The second kappa shape index (κ2) is 10.8. The highest BCUT2D eigenvalue weighted by atomic mass is 16.7. The summed E-state index contributed by atoms with van der Waals surface area (Å²) < 4.78 is 17.2. The number of unbranched alkanes of at least 4 members (excludes halogenated alkanes) is 2. The van der Waals surface area contributed by atoms with Crippen molar-refractivity contribution in [2.45, 2.75) is 78.6 Å². The zero-order valence-electron chi connectivity index (χ0n) is 13.0. The van der Waals surface area contributed by atoms with Crippen LogP contribution in [-0.4, -0.2) is 31.7 Å². The summed E-state index contributed by atoms with van der Waals surface area (Å²) in [5, 5.41) is 0. The molecule has 0 bridgehead atoms. The van der Waals surface area contributed by atoms with Gasteiger partial charge in [-0.15, -0.1) is 0 Å². The Morgan fingerprint density at radius 2 is 1.33 bits per heavy atom. The molecular weight excluding hydrogens is 228 g/mol. The zero-order chi connectivity index (χ0) is 13.9. The molecule has 0 fully saturated rings. The molecule has 3 nitrogen and oxygen atoms in total. The van der Waals surface area contributed by atoms with Crippen molar-refractivity contribution in [3.8, 4) is 0 Å². The van der Waals surface area contributed by atoms with Crippen LogP contribution >= 0.6 is 0 Å². The monoisotopic (exact) mass is 260 g/mol. The van der Waals surface area contributed by atoms with Gasteiger partial charge in [0.1, 0.15) is 0 Å². The van der Waals surface area contributed by atoms with E-state index in [2.05, 4.69) is 34.6 Å². The fourth-order valence-electron chi connectivity index (χ4n) is 1.39. The average molecular weight is 260 g/mol. The number of hydrogen-bond donors (Lipinski definition) is 0. The van der Waals surface area contributed by atoms with Gasteiger partial charge in [-0.25, -0.2) is 0 Å². The van der Waals surface area contributed by atoms with E-state index in [1.54, 1.807) is 0 Å². The molecule has 0 N–H and O–H groups in total. The van der Waals surface area contributed by atoms with E-state index < -0.39 is 0 Å². The van der Waals surface area contributed by atoms with Gasteiger partial charge in [-0.3, -0.25) is 0 Å². The molecule has 0 aliphatic heterocycles. The minimum Gasteiger partial charge on any atom is -0.376 e. The van der Waals surface area contributed by atoms with Gasteiger partial charge >= 0.3 is 0 Å². The van der Waals surface area contributed by atoms with Gasteiger partial charge in [-0.05, 0) is 33.6 Å². The molecule has 0 radical (unpaired) electrons. The second-order valence-corrected chi connectivity index (χ2v) is 5.63. The van der Waals surface area contributed by atoms with Gasteiger partial charge in [-0.1, -0.05) is 26.7 Å². The van der Waals surface area contributed by atoms with Crippen LogP contribution in [0, 0.1) is 0 Å². The maximum atomic E-state index is 5.74. The largest absolute Gasteiger partial charge is 0.376 e. The molecule has 0 aromatic heterocycles. The van der Waals surface area contributed by atoms with E-state index in [0.717, 1.165) is 45.3 Å². The molecule has 0 atom stereocenters. The van der Waals surface area contributed by atoms with Crippen LogP contribution in [0.3, 0.4) is 0 Å². The SMILES string of the molecule is CCCCOC(CCOC(C)(C)C)OCCCC. The minimum absolute atomic E-state index is 0.0859. The predicted octanol–water partition coefficient (Wildman–Crippen LogP) is 4.15. The van der Waals surface area contributed by atoms with E-state index in [1.165, 1.54) is 0 Å². The van der Waals surface area contributed by atoms with Crippen molar-refractivity contribution in [2.24, 2.45) is 0 Å². The van der Waals surface area contributed by atoms with Gasteiger partial charge in [0.15, 0.2) is 6.29 Å². The Labute approximate surface area is 113 Å². The summed E-state index contributed by atoms with van der Waals surface area (Å²) in [6.45, 7) is 12.8. The van der Waals surface area contributed by atoms with Crippen LogP contribution in [0.2, 0.25) is 0 Å². The van der Waals surface area contributed by atoms with Crippen molar-refractivity contribution in [1.29, 1.82) is 0 Å². The average Bonchev–Trinajstić information content (AvgIpc) is 2.27. The summed E-state index contributed by atoms with van der Waals surface area (Å²) in [6.07, 6.45) is 5.19. The summed E-state index contributed by atoms with van der Waals surface area (Å²) in [6, 6.07) is 0. The first-order valence-electron chi connectivity index (χ1n) is 7.36. The van der Waals surface area contributed by atoms with Gasteiger partial charge < -0.3 is 14.2 Å². The number of hydrogen-bond acceptors (Lipinski definition) is 3. The molecule has 110 valence electrons. The Hall–Kier alpha value is -0.120. The smallest absolute Gasteiger partial charge is 0.159 e. The number of ether oxygens (including phenoxy) is 3. The van der Waals surface area contributed by atoms with Crippen molar-refractivity contribution in [2.75, 3.05) is 19.8 Å². The summed E-state index contributed by atoms with van der Waals surface area (Å²) in [5.41, 5.74) is -0.0859. The fraction of sp³-hybridized carbons (Fsp3) is 1.00. The molecule has 0 unspecified atom stereocenters. The van der Waals surface area contributed by atoms with Crippen LogP contribution < -0.4 is 0 Å². The lowest BCUT2D eigenvalue weighted by molar-refractivity contribution is -0.159. The first kappa shape index (κ1) is 17.9. The third kappa shape index (κ3) is 12.3. The molecular formula is C15H32O3. The molecule has 3 heteroatoms. The lowest BCUT2D eigenvalue weighted by Gasteiger charge is -2.23. The van der Waals surface area contributed by atoms with Gasteiger partial charge in [0.25, 0.3) is 0 Å². The van der Waals surface area contributed by atoms with Gasteiger partial charge in [-0.2, -0.15) is 0 Å². The van der Waals surface area contributed by atoms with Crippen LogP contribution in [0.15, 0.2) is 0 Å². The van der Waals surface area contributed by atoms with Gasteiger partial charge in [0, 0.05) is 19.6 Å². The Morgan fingerprint density at radius 3 is 1.72 bits per heavy atom. The minimum atomic E-state index is -0.106. The molecule has 0 spiro atoms. The molecule has 18 heavy (non-hydrogen) atoms. The molecule has 0 heterocycles. The van der Waals surface area contributed by atoms with Crippen LogP contribution in [0.1, 0.15) is 66.7 Å². The van der Waals surface area contributed by atoms with Gasteiger partial charge in [0.2, 0.25) is 0 Å². The Balaban J connectivity index is 3.80. The first-order valence-corrected chi connectivity index (χ1v) is 7.36. The van der Waals surface area contributed by atoms with E-state index >= 15 is 0 Å². The van der Waals surface area contributed by atoms with Crippen molar-refractivity contribution in [3.63, 3.8) is 0 Å². The Bertz CT molecular complexity index is 165. The van der Waals surface area contributed by atoms with Crippen molar-refractivity contribution in [3.05, 3.63) is 0 Å². The summed E-state index contributed by atoms with van der Waals surface area (Å²) >= 11 is 0. The second-order valence-electron chi connectivity index (χ2n) is 5.63. The fourth-order valence-corrected chi connectivity index (χ4v) is 1.39. The topological polar surface area (TPSA) is 27.7 Å². The van der Waals surface area contributed by atoms with E-state index in [-0.39, 0.29) is 11.9 Å². The van der Waals surface area contributed by atoms with E-state index in [1.807, 2.05) is 0 Å². The van der Waals surface area contributed by atoms with Crippen molar-refractivity contribution in [1.82, 2.24) is 0 Å². The molecule has 0 aliphatic carbocycles. The third-order valence-electron chi connectivity index (χ3n) is 2.49. The molecule has 0 aromatic carbocycles. The predicted molar refractivity (Wildman–Crippen MR) is 75.8 cm³/mol. The van der Waals surface area contributed by atoms with Gasteiger partial charge in [0.05, 0.1) is 12.2 Å². The van der Waals surface area contributed by atoms with Crippen LogP contribution in [0.25, 0.3) is 0 Å². The highest BCUT2D eigenvalue weighted by Gasteiger charge is 2.13. The van der Waals surface area contributed by atoms with E-state index in [9.17, 15) is 0 Å². The lowest BCUT2D eigenvalue weighted by Crippen LogP contribution is -2.25. The molecule has 0 aromatic rings. The zero-order valence-corrected chi connectivity index (χ0v) is 13.0. The molecule has 0 amide bonds. The highest BCUT2D eigenvalue weighted by molar-refractivity contribution is 4.59. The molecule has 0 rings (SSSR count). The Morgan fingerprint density at radius 1 is 0.833 bits per heavy atom. The maximum absolute atomic E-state index is 5.74. The van der Waals surface area contributed by atoms with Crippen LogP contribution in [-0.2, 0) is 14.2 Å². The highest BCUT2D eigenvalue weighted by Crippen LogP contribution is 2.10. The Kier molecular flexibility index (Phi) is 10.7. The third-order valence-corrected chi connectivity index (χ3v) is 2.49. The van der Waals surface area contributed by atoms with Crippen LogP contribution in [0.5, 0.6) is 0 Å². The quantitative estimate of drug-likeness (QED) is 0.412. The van der Waals surface area contributed by atoms with Crippen LogP contribution in [0.4, 0.5) is 0 Å². The van der Waals surface area contributed by atoms with E-state index in [0.29, 0.717) is 6.61 Å². The normalized spacial score (nSPS) is 12.3.